The van der Waals surface area contributed by atoms with Crippen molar-refractivity contribution in [2.24, 2.45) is 0 Å². The molecule has 0 heterocycles. The van der Waals surface area contributed by atoms with Gasteiger partial charge in [0.05, 0.1) is 10.0 Å². The summed E-state index contributed by atoms with van der Waals surface area (Å²) in [5.74, 6) is 0. The van der Waals surface area contributed by atoms with Gasteiger partial charge in [-0.15, -0.1) is 0 Å². The molecule has 1 aromatic carbocycles. The minimum Gasteiger partial charge on any atom is -0.465 e. The van der Waals surface area contributed by atoms with E-state index in [1.807, 2.05) is 0 Å². The molecular formula is C9H9Cl2NO2. The normalized spacial score (nSPS) is 9.93. The highest BCUT2D eigenvalue weighted by molar-refractivity contribution is 6.42. The zero-order valence-corrected chi connectivity index (χ0v) is 9.01. The van der Waals surface area contributed by atoms with Crippen molar-refractivity contribution in [3.05, 3.63) is 33.8 Å². The highest BCUT2D eigenvalue weighted by atomic mass is 35.5. The summed E-state index contributed by atoms with van der Waals surface area (Å²) in [7, 11) is 1.49. The Labute approximate surface area is 91.8 Å². The molecular weight excluding hydrogens is 225 g/mol. The standard InChI is InChI=1S/C9H9Cl2NO2/c1-12(9(13)14)5-6-2-3-7(10)8(11)4-6/h2-4H,5H2,1H3,(H,13,14). The van der Waals surface area contributed by atoms with E-state index < -0.39 is 6.09 Å². The Bertz CT molecular complexity index is 355. The smallest absolute Gasteiger partial charge is 0.407 e. The van der Waals surface area contributed by atoms with Crippen molar-refractivity contribution in [1.82, 2.24) is 4.90 Å². The Balaban J connectivity index is 2.78. The van der Waals surface area contributed by atoms with E-state index in [2.05, 4.69) is 0 Å². The molecule has 0 unspecified atom stereocenters. The minimum absolute atomic E-state index is 0.298. The average Bonchev–Trinajstić information content (AvgIpc) is 2.11. The third-order valence-electron chi connectivity index (χ3n) is 1.73. The van der Waals surface area contributed by atoms with Crippen LogP contribution in [0.4, 0.5) is 4.79 Å². The van der Waals surface area contributed by atoms with E-state index in [-0.39, 0.29) is 0 Å². The molecule has 1 amide bonds. The molecule has 0 bridgehead atoms. The van der Waals surface area contributed by atoms with Gasteiger partial charge < -0.3 is 10.0 Å². The topological polar surface area (TPSA) is 40.5 Å². The van der Waals surface area contributed by atoms with Crippen LogP contribution in [0.25, 0.3) is 0 Å². The SMILES string of the molecule is CN(Cc1ccc(Cl)c(Cl)c1)C(=O)O. The second kappa shape index (κ2) is 4.53. The van der Waals surface area contributed by atoms with Crippen molar-refractivity contribution in [2.45, 2.75) is 6.54 Å². The van der Waals surface area contributed by atoms with Gasteiger partial charge in [-0.25, -0.2) is 4.79 Å². The molecule has 1 N–H and O–H groups in total. The fourth-order valence-electron chi connectivity index (χ4n) is 0.979. The number of rotatable bonds is 2. The molecule has 0 aliphatic heterocycles. The van der Waals surface area contributed by atoms with Gasteiger partial charge in [0.15, 0.2) is 0 Å². The Morgan fingerprint density at radius 3 is 2.57 bits per heavy atom. The molecule has 0 saturated carbocycles. The summed E-state index contributed by atoms with van der Waals surface area (Å²) in [6.45, 7) is 0.298. The fraction of sp³-hybridized carbons (Fsp3) is 0.222. The molecule has 0 spiro atoms. The molecule has 0 atom stereocenters. The molecule has 0 saturated heterocycles. The molecule has 14 heavy (non-hydrogen) atoms. The fourth-order valence-corrected chi connectivity index (χ4v) is 1.30. The monoisotopic (exact) mass is 233 g/mol. The van der Waals surface area contributed by atoms with Gasteiger partial charge in [0, 0.05) is 13.6 Å². The first-order chi connectivity index (χ1) is 6.50. The van der Waals surface area contributed by atoms with Crippen molar-refractivity contribution in [1.29, 1.82) is 0 Å². The molecule has 0 fully saturated rings. The van der Waals surface area contributed by atoms with Crippen molar-refractivity contribution >= 4 is 29.3 Å². The Morgan fingerprint density at radius 1 is 1.43 bits per heavy atom. The summed E-state index contributed by atoms with van der Waals surface area (Å²) >= 11 is 11.5. The van der Waals surface area contributed by atoms with Gasteiger partial charge in [-0.3, -0.25) is 0 Å². The van der Waals surface area contributed by atoms with E-state index in [1.54, 1.807) is 18.2 Å². The number of nitrogens with zero attached hydrogens (tertiary/aromatic N) is 1. The van der Waals surface area contributed by atoms with E-state index in [9.17, 15) is 4.79 Å². The van der Waals surface area contributed by atoms with Crippen molar-refractivity contribution in [3.8, 4) is 0 Å². The molecule has 0 radical (unpaired) electrons. The second-order valence-corrected chi connectivity index (χ2v) is 3.70. The summed E-state index contributed by atoms with van der Waals surface area (Å²) < 4.78 is 0. The largest absolute Gasteiger partial charge is 0.465 e. The van der Waals surface area contributed by atoms with Gasteiger partial charge in [-0.2, -0.15) is 0 Å². The van der Waals surface area contributed by atoms with Crippen LogP contribution in [-0.2, 0) is 6.54 Å². The van der Waals surface area contributed by atoms with Crippen LogP contribution in [0.1, 0.15) is 5.56 Å². The zero-order valence-electron chi connectivity index (χ0n) is 7.50. The minimum atomic E-state index is -0.976. The van der Waals surface area contributed by atoms with Gasteiger partial charge in [0.25, 0.3) is 0 Å². The van der Waals surface area contributed by atoms with E-state index >= 15 is 0 Å². The summed E-state index contributed by atoms with van der Waals surface area (Å²) in [6, 6.07) is 5.05. The third-order valence-corrected chi connectivity index (χ3v) is 2.47. The molecule has 1 aromatic rings. The first kappa shape index (κ1) is 11.1. The van der Waals surface area contributed by atoms with Crippen LogP contribution in [0.2, 0.25) is 10.0 Å². The van der Waals surface area contributed by atoms with Crippen molar-refractivity contribution in [3.63, 3.8) is 0 Å². The van der Waals surface area contributed by atoms with Crippen molar-refractivity contribution in [2.75, 3.05) is 7.05 Å². The predicted molar refractivity (Wildman–Crippen MR) is 56.0 cm³/mol. The molecule has 1 rings (SSSR count). The molecule has 5 heteroatoms. The van der Waals surface area contributed by atoms with E-state index in [4.69, 9.17) is 28.3 Å². The maximum Gasteiger partial charge on any atom is 0.407 e. The molecule has 0 aliphatic carbocycles. The maximum absolute atomic E-state index is 10.5. The average molecular weight is 234 g/mol. The molecule has 0 aliphatic rings. The van der Waals surface area contributed by atoms with Crippen LogP contribution in [0.15, 0.2) is 18.2 Å². The summed E-state index contributed by atoms with van der Waals surface area (Å²) in [5, 5.41) is 9.53. The van der Waals surface area contributed by atoms with Crippen LogP contribution < -0.4 is 0 Å². The van der Waals surface area contributed by atoms with Crippen LogP contribution in [0.5, 0.6) is 0 Å². The van der Waals surface area contributed by atoms with Gasteiger partial charge in [0.1, 0.15) is 0 Å². The highest BCUT2D eigenvalue weighted by Gasteiger charge is 2.07. The third kappa shape index (κ3) is 2.79. The number of amides is 1. The molecule has 3 nitrogen and oxygen atoms in total. The number of halogens is 2. The van der Waals surface area contributed by atoms with Gasteiger partial charge in [-0.1, -0.05) is 29.3 Å². The van der Waals surface area contributed by atoms with E-state index in [1.165, 1.54) is 11.9 Å². The van der Waals surface area contributed by atoms with Gasteiger partial charge >= 0.3 is 6.09 Å². The first-order valence-corrected chi connectivity index (χ1v) is 4.64. The zero-order chi connectivity index (χ0) is 10.7. The van der Waals surface area contributed by atoms with Gasteiger partial charge in [-0.05, 0) is 17.7 Å². The van der Waals surface area contributed by atoms with Gasteiger partial charge in [0.2, 0.25) is 0 Å². The molecule has 76 valence electrons. The second-order valence-electron chi connectivity index (χ2n) is 2.89. The van der Waals surface area contributed by atoms with Crippen LogP contribution in [-0.4, -0.2) is 23.1 Å². The predicted octanol–water partition coefficient (Wildman–Crippen LogP) is 3.10. The Kier molecular flexibility index (Phi) is 3.61. The molecule has 0 aromatic heterocycles. The number of carbonyl (C=O) groups is 1. The van der Waals surface area contributed by atoms with Crippen molar-refractivity contribution < 1.29 is 9.90 Å². The Hall–Kier alpha value is -0.930. The first-order valence-electron chi connectivity index (χ1n) is 3.88. The summed E-state index contributed by atoms with van der Waals surface area (Å²) in [6.07, 6.45) is -0.976. The number of hydrogen-bond donors (Lipinski definition) is 1. The van der Waals surface area contributed by atoms with Crippen LogP contribution >= 0.6 is 23.2 Å². The summed E-state index contributed by atoms with van der Waals surface area (Å²) in [4.78, 5) is 11.7. The summed E-state index contributed by atoms with van der Waals surface area (Å²) in [5.41, 5.74) is 0.810. The maximum atomic E-state index is 10.5. The Morgan fingerprint density at radius 2 is 2.07 bits per heavy atom. The van der Waals surface area contributed by atoms with Crippen LogP contribution in [0, 0.1) is 0 Å². The highest BCUT2D eigenvalue weighted by Crippen LogP contribution is 2.22. The lowest BCUT2D eigenvalue weighted by Crippen LogP contribution is -2.23. The number of carboxylic acid groups (broad SMARTS) is 1. The lowest BCUT2D eigenvalue weighted by Gasteiger charge is -2.12. The quantitative estimate of drug-likeness (QED) is 0.853. The lowest BCUT2D eigenvalue weighted by atomic mass is 10.2. The number of hydrogen-bond acceptors (Lipinski definition) is 1. The van der Waals surface area contributed by atoms with E-state index in [0.29, 0.717) is 16.6 Å². The van der Waals surface area contributed by atoms with E-state index in [0.717, 1.165) is 5.56 Å². The number of benzene rings is 1. The van der Waals surface area contributed by atoms with Crippen LogP contribution in [0.3, 0.4) is 0 Å². The lowest BCUT2D eigenvalue weighted by molar-refractivity contribution is 0.154.